The molecule has 0 saturated carbocycles. The zero-order chi connectivity index (χ0) is 23.1. The van der Waals surface area contributed by atoms with Crippen molar-refractivity contribution in [1.82, 2.24) is 9.78 Å². The quantitative estimate of drug-likeness (QED) is 0.527. The fourth-order valence-corrected chi connectivity index (χ4v) is 2.52. The highest BCUT2D eigenvalue weighted by molar-refractivity contribution is 6.04. The standard InChI is InChI=1S/C18H8F9N3O/c19-8-1-3-10(11(20)5-8)16(31)28-13-4-2-9(6-12(13)21)30-15(18(25,26)27)7-14(29-30)17(22,23)24/h1-7H,(H,28,31). The van der Waals surface area contributed by atoms with Crippen molar-refractivity contribution in [1.29, 1.82) is 0 Å². The van der Waals surface area contributed by atoms with E-state index >= 15 is 0 Å². The number of benzene rings is 2. The summed E-state index contributed by atoms with van der Waals surface area (Å²) in [5.74, 6) is -4.76. The van der Waals surface area contributed by atoms with Crippen molar-refractivity contribution in [3.05, 3.63) is 76.9 Å². The summed E-state index contributed by atoms with van der Waals surface area (Å²) < 4.78 is 118. The number of nitrogens with one attached hydrogen (secondary N) is 1. The fraction of sp³-hybridized carbons (Fsp3) is 0.111. The van der Waals surface area contributed by atoms with Crippen LogP contribution in [0.5, 0.6) is 0 Å². The topological polar surface area (TPSA) is 46.9 Å². The number of aromatic nitrogens is 2. The van der Waals surface area contributed by atoms with Gasteiger partial charge in [0.1, 0.15) is 23.1 Å². The fourth-order valence-electron chi connectivity index (χ4n) is 2.52. The largest absolute Gasteiger partial charge is 0.435 e. The first kappa shape index (κ1) is 22.2. The van der Waals surface area contributed by atoms with Crippen molar-refractivity contribution < 1.29 is 44.3 Å². The van der Waals surface area contributed by atoms with Gasteiger partial charge in [0.25, 0.3) is 5.91 Å². The summed E-state index contributed by atoms with van der Waals surface area (Å²) >= 11 is 0. The minimum atomic E-state index is -5.24. The molecule has 0 aliphatic heterocycles. The second kappa shape index (κ2) is 7.63. The van der Waals surface area contributed by atoms with Gasteiger partial charge >= 0.3 is 12.4 Å². The Kier molecular flexibility index (Phi) is 5.46. The Bertz CT molecular complexity index is 1150. The van der Waals surface area contributed by atoms with E-state index in [-0.39, 0.29) is 10.7 Å². The lowest BCUT2D eigenvalue weighted by atomic mass is 10.2. The summed E-state index contributed by atoms with van der Waals surface area (Å²) in [6.07, 6.45) is -10.4. The zero-order valence-electron chi connectivity index (χ0n) is 14.7. The van der Waals surface area contributed by atoms with E-state index < -0.39 is 64.0 Å². The van der Waals surface area contributed by atoms with Crippen LogP contribution in [0.15, 0.2) is 42.5 Å². The number of anilines is 1. The van der Waals surface area contributed by atoms with E-state index in [0.717, 1.165) is 24.3 Å². The van der Waals surface area contributed by atoms with E-state index in [1.54, 1.807) is 0 Å². The third kappa shape index (κ3) is 4.64. The zero-order valence-corrected chi connectivity index (χ0v) is 14.7. The van der Waals surface area contributed by atoms with Gasteiger partial charge in [0.2, 0.25) is 0 Å². The van der Waals surface area contributed by atoms with Crippen LogP contribution in [0.2, 0.25) is 0 Å². The molecule has 0 atom stereocenters. The molecule has 0 spiro atoms. The van der Waals surface area contributed by atoms with Gasteiger partial charge in [-0.1, -0.05) is 0 Å². The van der Waals surface area contributed by atoms with E-state index in [1.165, 1.54) is 0 Å². The Hall–Kier alpha value is -3.51. The average molecular weight is 453 g/mol. The lowest BCUT2D eigenvalue weighted by molar-refractivity contribution is -0.143. The van der Waals surface area contributed by atoms with Gasteiger partial charge in [-0.2, -0.15) is 31.4 Å². The van der Waals surface area contributed by atoms with Crippen molar-refractivity contribution >= 4 is 11.6 Å². The minimum Gasteiger partial charge on any atom is -0.319 e. The first-order valence-electron chi connectivity index (χ1n) is 8.08. The van der Waals surface area contributed by atoms with Crippen LogP contribution < -0.4 is 5.32 Å². The molecule has 0 bridgehead atoms. The normalized spacial score (nSPS) is 12.2. The van der Waals surface area contributed by atoms with Crippen LogP contribution in [0.1, 0.15) is 21.7 Å². The number of nitrogens with zero attached hydrogens (tertiary/aromatic N) is 2. The van der Waals surface area contributed by atoms with Crippen molar-refractivity contribution in [3.63, 3.8) is 0 Å². The molecule has 1 heterocycles. The molecule has 4 nitrogen and oxygen atoms in total. The first-order valence-corrected chi connectivity index (χ1v) is 8.08. The van der Waals surface area contributed by atoms with Crippen LogP contribution in [0.25, 0.3) is 5.69 Å². The van der Waals surface area contributed by atoms with Gasteiger partial charge in [-0.05, 0) is 24.3 Å². The molecule has 2 aromatic carbocycles. The predicted molar refractivity (Wildman–Crippen MR) is 87.8 cm³/mol. The molecule has 3 rings (SSSR count). The van der Waals surface area contributed by atoms with Gasteiger partial charge in [0.15, 0.2) is 5.69 Å². The highest BCUT2D eigenvalue weighted by Gasteiger charge is 2.42. The molecule has 164 valence electrons. The van der Waals surface area contributed by atoms with Gasteiger partial charge in [0.05, 0.1) is 16.9 Å². The summed E-state index contributed by atoms with van der Waals surface area (Å²) in [4.78, 5) is 12.0. The van der Waals surface area contributed by atoms with Crippen LogP contribution in [0, 0.1) is 17.5 Å². The van der Waals surface area contributed by atoms with Gasteiger partial charge in [-0.3, -0.25) is 4.79 Å². The molecule has 0 aliphatic rings. The Labute approximate surface area is 166 Å². The number of alkyl halides is 6. The number of hydrogen-bond donors (Lipinski definition) is 1. The highest BCUT2D eigenvalue weighted by Crippen LogP contribution is 2.36. The number of carbonyl (C=O) groups excluding carboxylic acids is 1. The van der Waals surface area contributed by atoms with Crippen LogP contribution in [-0.4, -0.2) is 15.7 Å². The molecule has 0 aliphatic carbocycles. The molecule has 0 saturated heterocycles. The monoisotopic (exact) mass is 453 g/mol. The SMILES string of the molecule is O=C(Nc1ccc(-n2nc(C(F)(F)F)cc2C(F)(F)F)cc1F)c1ccc(F)cc1F. The van der Waals surface area contributed by atoms with E-state index in [0.29, 0.717) is 12.1 Å². The third-order valence-corrected chi connectivity index (χ3v) is 3.91. The Morgan fingerprint density at radius 1 is 0.839 bits per heavy atom. The highest BCUT2D eigenvalue weighted by atomic mass is 19.4. The first-order chi connectivity index (χ1) is 14.3. The van der Waals surface area contributed by atoms with Crippen molar-refractivity contribution in [3.8, 4) is 5.69 Å². The molecule has 3 aromatic rings. The van der Waals surface area contributed by atoms with Gasteiger partial charge in [-0.25, -0.2) is 17.9 Å². The number of halogens is 9. The van der Waals surface area contributed by atoms with Crippen LogP contribution >= 0.6 is 0 Å². The summed E-state index contributed by atoms with van der Waals surface area (Å²) in [5, 5.41) is 4.78. The molecule has 1 N–H and O–H groups in total. The van der Waals surface area contributed by atoms with Crippen LogP contribution in [0.4, 0.5) is 45.2 Å². The van der Waals surface area contributed by atoms with Crippen LogP contribution in [-0.2, 0) is 12.4 Å². The molecular formula is C18H8F9N3O. The molecule has 1 aromatic heterocycles. The lowest BCUT2D eigenvalue weighted by Crippen LogP contribution is -2.16. The van der Waals surface area contributed by atoms with Crippen molar-refractivity contribution in [2.75, 3.05) is 5.32 Å². The molecule has 31 heavy (non-hydrogen) atoms. The van der Waals surface area contributed by atoms with Crippen molar-refractivity contribution in [2.24, 2.45) is 0 Å². The van der Waals surface area contributed by atoms with Gasteiger partial charge < -0.3 is 5.32 Å². The number of amides is 1. The van der Waals surface area contributed by atoms with Gasteiger partial charge in [0, 0.05) is 18.2 Å². The summed E-state index contributed by atoms with van der Waals surface area (Å²) in [5.41, 5.74) is -5.62. The number of hydrogen-bond acceptors (Lipinski definition) is 2. The maximum atomic E-state index is 14.3. The summed E-state index contributed by atoms with van der Waals surface area (Å²) in [6.45, 7) is 0. The van der Waals surface area contributed by atoms with E-state index in [2.05, 4.69) is 5.10 Å². The van der Waals surface area contributed by atoms with E-state index in [4.69, 9.17) is 0 Å². The van der Waals surface area contributed by atoms with Gasteiger partial charge in [-0.15, -0.1) is 0 Å². The Morgan fingerprint density at radius 2 is 1.52 bits per heavy atom. The average Bonchev–Trinajstić information content (AvgIpc) is 3.09. The molecule has 0 fully saturated rings. The Balaban J connectivity index is 1.96. The molecule has 0 radical (unpaired) electrons. The number of rotatable bonds is 3. The molecule has 0 unspecified atom stereocenters. The molecule has 13 heteroatoms. The van der Waals surface area contributed by atoms with E-state index in [9.17, 15) is 44.3 Å². The number of carbonyl (C=O) groups is 1. The van der Waals surface area contributed by atoms with Crippen molar-refractivity contribution in [2.45, 2.75) is 12.4 Å². The maximum absolute atomic E-state index is 14.3. The third-order valence-electron chi connectivity index (χ3n) is 3.91. The Morgan fingerprint density at radius 3 is 2.06 bits per heavy atom. The lowest BCUT2D eigenvalue weighted by Gasteiger charge is -2.12. The predicted octanol–water partition coefficient (Wildman–Crippen LogP) is 5.58. The summed E-state index contributed by atoms with van der Waals surface area (Å²) in [6, 6.07) is 3.64. The second-order valence-corrected chi connectivity index (χ2v) is 6.06. The molecular weight excluding hydrogens is 445 g/mol. The van der Waals surface area contributed by atoms with Crippen LogP contribution in [0.3, 0.4) is 0 Å². The van der Waals surface area contributed by atoms with E-state index in [1.807, 2.05) is 5.32 Å². The minimum absolute atomic E-state index is 0.142. The summed E-state index contributed by atoms with van der Waals surface area (Å²) in [7, 11) is 0. The molecule has 1 amide bonds. The smallest absolute Gasteiger partial charge is 0.319 e. The second-order valence-electron chi connectivity index (χ2n) is 6.06. The maximum Gasteiger partial charge on any atom is 0.435 e.